The second-order valence-electron chi connectivity index (χ2n) is 10.3. The molecule has 4 aromatic rings. The number of rotatable bonds is 8. The Balaban J connectivity index is 1.44. The van der Waals surface area contributed by atoms with Gasteiger partial charge in [-0.3, -0.25) is 0 Å². The fourth-order valence-corrected chi connectivity index (χ4v) is 5.40. The molecular weight excluding hydrogens is 483 g/mol. The van der Waals surface area contributed by atoms with E-state index < -0.39 is 7.60 Å². The molecule has 192 valence electrons. The number of hydrogen-bond donors (Lipinski definition) is 2. The Morgan fingerprint density at radius 1 is 0.514 bits per heavy atom. The lowest BCUT2D eigenvalue weighted by molar-refractivity contribution is 0.393. The van der Waals surface area contributed by atoms with Gasteiger partial charge in [-0.15, -0.1) is 0 Å². The van der Waals surface area contributed by atoms with Gasteiger partial charge in [-0.2, -0.15) is 0 Å². The van der Waals surface area contributed by atoms with Crippen LogP contribution in [-0.4, -0.2) is 16.9 Å². The Labute approximate surface area is 218 Å². The molecule has 0 atom stereocenters. The van der Waals surface area contributed by atoms with E-state index in [1.54, 1.807) is 48.5 Å². The number of benzene rings is 4. The number of aromatic hydroxyl groups is 2. The Kier molecular flexibility index (Phi) is 7.12. The highest BCUT2D eigenvalue weighted by molar-refractivity contribution is 7.53. The van der Waals surface area contributed by atoms with Crippen molar-refractivity contribution in [3.05, 3.63) is 119 Å². The maximum Gasteiger partial charge on any atom is 0.427 e. The largest absolute Gasteiger partial charge is 0.508 e. The molecule has 0 spiro atoms. The molecule has 4 aromatic carbocycles. The molecule has 37 heavy (non-hydrogen) atoms. The molecule has 0 aliphatic rings. The second kappa shape index (κ2) is 9.99. The molecule has 4 rings (SSSR count). The summed E-state index contributed by atoms with van der Waals surface area (Å²) >= 11 is 0. The van der Waals surface area contributed by atoms with Gasteiger partial charge in [0.2, 0.25) is 0 Å². The van der Waals surface area contributed by atoms with Crippen molar-refractivity contribution in [3.8, 4) is 23.0 Å². The third kappa shape index (κ3) is 6.00. The molecule has 0 amide bonds. The molecule has 0 fully saturated rings. The van der Waals surface area contributed by atoms with Gasteiger partial charge in [-0.25, -0.2) is 4.57 Å². The molecule has 5 nitrogen and oxygen atoms in total. The van der Waals surface area contributed by atoms with Gasteiger partial charge in [-0.1, -0.05) is 76.2 Å². The lowest BCUT2D eigenvalue weighted by Crippen LogP contribution is -2.18. The average Bonchev–Trinajstić information content (AvgIpc) is 2.85. The van der Waals surface area contributed by atoms with E-state index in [2.05, 4.69) is 27.7 Å². The monoisotopic (exact) mass is 516 g/mol. The summed E-state index contributed by atoms with van der Waals surface area (Å²) in [6.45, 7) is 9.88. The van der Waals surface area contributed by atoms with E-state index >= 15 is 0 Å². The fourth-order valence-electron chi connectivity index (χ4n) is 4.36. The summed E-state index contributed by atoms with van der Waals surface area (Å²) in [6, 6.07) is 29.3. The van der Waals surface area contributed by atoms with Crippen molar-refractivity contribution in [1.82, 2.24) is 0 Å². The third-order valence-electron chi connectivity index (χ3n) is 6.87. The minimum Gasteiger partial charge on any atom is -0.508 e. The highest BCUT2D eigenvalue weighted by Gasteiger charge is 2.26. The maximum absolute atomic E-state index is 13.1. The normalized spacial score (nSPS) is 12.2. The van der Waals surface area contributed by atoms with Crippen molar-refractivity contribution in [1.29, 1.82) is 0 Å². The van der Waals surface area contributed by atoms with Crippen molar-refractivity contribution in [2.75, 3.05) is 6.66 Å². The summed E-state index contributed by atoms with van der Waals surface area (Å²) in [4.78, 5) is 0. The smallest absolute Gasteiger partial charge is 0.427 e. The fraction of sp³-hybridized carbons (Fsp3) is 0.226. The van der Waals surface area contributed by atoms with Crippen molar-refractivity contribution >= 4 is 7.60 Å². The van der Waals surface area contributed by atoms with Crippen LogP contribution < -0.4 is 9.05 Å². The molecule has 0 saturated carbocycles. The van der Waals surface area contributed by atoms with Gasteiger partial charge in [0.05, 0.1) is 6.66 Å². The molecule has 0 aliphatic carbocycles. The van der Waals surface area contributed by atoms with E-state index in [0.29, 0.717) is 11.5 Å². The van der Waals surface area contributed by atoms with Crippen LogP contribution in [-0.2, 0) is 15.4 Å². The molecule has 0 bridgehead atoms. The van der Waals surface area contributed by atoms with Crippen LogP contribution >= 0.6 is 7.60 Å². The topological polar surface area (TPSA) is 76.0 Å². The Bertz CT molecular complexity index is 1280. The first-order chi connectivity index (χ1) is 17.4. The van der Waals surface area contributed by atoms with E-state index in [9.17, 15) is 14.8 Å². The zero-order chi connectivity index (χ0) is 26.8. The lowest BCUT2D eigenvalue weighted by Gasteiger charge is -2.27. The van der Waals surface area contributed by atoms with Gasteiger partial charge >= 0.3 is 7.60 Å². The Hall–Kier alpha value is -3.69. The van der Waals surface area contributed by atoms with Crippen LogP contribution in [0.3, 0.4) is 0 Å². The van der Waals surface area contributed by atoms with Crippen LogP contribution in [0.25, 0.3) is 0 Å². The highest BCUT2D eigenvalue weighted by atomic mass is 31.2. The summed E-state index contributed by atoms with van der Waals surface area (Å²) in [5.41, 5.74) is 3.69. The lowest BCUT2D eigenvalue weighted by atomic mass is 9.78. The number of phenolic OH excluding ortho intramolecular Hbond substituents is 2. The van der Waals surface area contributed by atoms with Gasteiger partial charge in [0.1, 0.15) is 23.0 Å². The Morgan fingerprint density at radius 2 is 0.757 bits per heavy atom. The quantitative estimate of drug-likeness (QED) is 0.232. The third-order valence-corrected chi connectivity index (χ3v) is 7.96. The summed E-state index contributed by atoms with van der Waals surface area (Å²) < 4.78 is 24.6. The van der Waals surface area contributed by atoms with Crippen LogP contribution in [0, 0.1) is 0 Å². The van der Waals surface area contributed by atoms with Crippen molar-refractivity contribution in [2.45, 2.75) is 38.5 Å². The second-order valence-corrected chi connectivity index (χ2v) is 12.3. The van der Waals surface area contributed by atoms with Gasteiger partial charge in [0.25, 0.3) is 0 Å². The van der Waals surface area contributed by atoms with Crippen LogP contribution in [0.1, 0.15) is 49.9 Å². The first-order valence-corrected chi connectivity index (χ1v) is 14.1. The number of hydrogen-bond acceptors (Lipinski definition) is 5. The summed E-state index contributed by atoms with van der Waals surface area (Å²) in [6.07, 6.45) is 0. The van der Waals surface area contributed by atoms with Crippen molar-refractivity contribution in [3.63, 3.8) is 0 Å². The number of phenols is 2. The first kappa shape index (κ1) is 26.4. The van der Waals surface area contributed by atoms with Gasteiger partial charge in [-0.05, 0) is 70.8 Å². The van der Waals surface area contributed by atoms with Crippen LogP contribution in [0.4, 0.5) is 0 Å². The summed E-state index contributed by atoms with van der Waals surface area (Å²) in [7, 11) is -3.43. The van der Waals surface area contributed by atoms with Gasteiger partial charge in [0.15, 0.2) is 0 Å². The maximum atomic E-state index is 13.1. The van der Waals surface area contributed by atoms with E-state index in [1.807, 2.05) is 48.5 Å². The predicted octanol–water partition coefficient (Wildman–Crippen LogP) is 8.03. The minimum atomic E-state index is -3.43. The minimum absolute atomic E-state index is 0.234. The van der Waals surface area contributed by atoms with E-state index in [-0.39, 0.29) is 22.3 Å². The molecular formula is C31H33O5P. The molecule has 0 aliphatic heterocycles. The molecule has 0 aromatic heterocycles. The Morgan fingerprint density at radius 3 is 1.03 bits per heavy atom. The SMILES string of the molecule is CC(C)(c1ccc(O)cc1)c1ccc(OP(C)(=O)Oc2ccc(C(C)(C)c3ccc(O)cc3)cc2)cc1. The molecule has 0 unspecified atom stereocenters. The zero-order valence-corrected chi connectivity index (χ0v) is 22.7. The van der Waals surface area contributed by atoms with E-state index in [4.69, 9.17) is 9.05 Å². The standard InChI is InChI=1S/C31H33O5P/c1-30(2,22-6-14-26(32)15-7-22)24-10-18-28(19-11-24)35-37(5,34)36-29-20-12-25(13-21-29)31(3,4)23-8-16-27(33)17-9-23/h6-21,32-33H,1-5H3. The predicted molar refractivity (Wildman–Crippen MR) is 148 cm³/mol. The zero-order valence-electron chi connectivity index (χ0n) is 21.8. The molecule has 0 saturated heterocycles. The first-order valence-electron chi connectivity index (χ1n) is 12.1. The highest BCUT2D eigenvalue weighted by Crippen LogP contribution is 2.46. The average molecular weight is 517 g/mol. The summed E-state index contributed by atoms with van der Waals surface area (Å²) in [5.74, 6) is 1.39. The van der Waals surface area contributed by atoms with Crippen LogP contribution in [0.5, 0.6) is 23.0 Å². The molecule has 6 heteroatoms. The van der Waals surface area contributed by atoms with Crippen molar-refractivity contribution < 1.29 is 23.8 Å². The molecule has 0 heterocycles. The molecule has 2 N–H and O–H groups in total. The van der Waals surface area contributed by atoms with E-state index in [0.717, 1.165) is 22.3 Å². The summed E-state index contributed by atoms with van der Waals surface area (Å²) in [5, 5.41) is 19.2. The van der Waals surface area contributed by atoms with E-state index in [1.165, 1.54) is 6.66 Å². The molecule has 0 radical (unpaired) electrons. The van der Waals surface area contributed by atoms with Gasteiger partial charge < -0.3 is 19.3 Å². The van der Waals surface area contributed by atoms with Crippen LogP contribution in [0.2, 0.25) is 0 Å². The van der Waals surface area contributed by atoms with Crippen LogP contribution in [0.15, 0.2) is 97.1 Å². The van der Waals surface area contributed by atoms with Gasteiger partial charge in [0, 0.05) is 10.8 Å². The van der Waals surface area contributed by atoms with Crippen molar-refractivity contribution in [2.24, 2.45) is 0 Å².